The number of aromatic nitrogens is 2. The largest absolute Gasteiger partial charge is 0.323 e. The summed E-state index contributed by atoms with van der Waals surface area (Å²) in [5.41, 5.74) is 2.08. The highest BCUT2D eigenvalue weighted by atomic mass is 79.9. The summed E-state index contributed by atoms with van der Waals surface area (Å²) in [6, 6.07) is 7.40. The van der Waals surface area contributed by atoms with E-state index in [4.69, 9.17) is 0 Å². The van der Waals surface area contributed by atoms with Gasteiger partial charge in [-0.3, -0.25) is 4.79 Å². The molecule has 2 aromatic carbocycles. The van der Waals surface area contributed by atoms with E-state index < -0.39 is 5.82 Å². The molecule has 0 unspecified atom stereocenters. The lowest BCUT2D eigenvalue weighted by Crippen LogP contribution is -2.03. The highest BCUT2D eigenvalue weighted by molar-refractivity contribution is 9.10. The molecule has 6 heteroatoms. The molecule has 0 atom stereocenters. The number of carbonyl (C=O) groups is 1. The second-order valence-corrected chi connectivity index (χ2v) is 5.66. The average Bonchev–Trinajstić information content (AvgIpc) is 2.75. The van der Waals surface area contributed by atoms with Crippen molar-refractivity contribution in [2.24, 2.45) is 0 Å². The number of aryl methyl sites for hydroxylation is 1. The summed E-state index contributed by atoms with van der Waals surface area (Å²) < 4.78 is 14.0. The Labute approximate surface area is 127 Å². The maximum Gasteiger partial charge on any atom is 0.323 e. The van der Waals surface area contributed by atoms with Crippen LogP contribution in [0.2, 0.25) is 0 Å². The van der Waals surface area contributed by atoms with Gasteiger partial charge in [0.15, 0.2) is 5.78 Å². The first-order valence-corrected chi connectivity index (χ1v) is 6.97. The standard InChI is InChI=1S/C15H10BrFN2O2/c1-7-2-8(4-9(17)3-7)14(20)10-5-12-13(6-11(10)16)19-15(21)18-12/h2-6H,1H3,(H2,18,19,21). The molecule has 0 spiro atoms. The third-order valence-electron chi connectivity index (χ3n) is 3.15. The average molecular weight is 349 g/mol. The summed E-state index contributed by atoms with van der Waals surface area (Å²) in [7, 11) is 0. The summed E-state index contributed by atoms with van der Waals surface area (Å²) in [6.45, 7) is 1.72. The van der Waals surface area contributed by atoms with Gasteiger partial charge in [0.1, 0.15) is 5.82 Å². The van der Waals surface area contributed by atoms with Crippen LogP contribution in [-0.4, -0.2) is 15.8 Å². The van der Waals surface area contributed by atoms with Crippen molar-refractivity contribution in [1.82, 2.24) is 9.97 Å². The van der Waals surface area contributed by atoms with Crippen molar-refractivity contribution in [1.29, 1.82) is 0 Å². The Morgan fingerprint density at radius 2 is 1.76 bits per heavy atom. The molecule has 4 nitrogen and oxygen atoms in total. The topological polar surface area (TPSA) is 65.7 Å². The van der Waals surface area contributed by atoms with Gasteiger partial charge in [-0.25, -0.2) is 9.18 Å². The molecule has 0 fully saturated rings. The minimum Gasteiger partial charge on any atom is -0.306 e. The third kappa shape index (κ3) is 2.54. The SMILES string of the molecule is Cc1cc(F)cc(C(=O)c2cc3[nH]c(=O)[nH]c3cc2Br)c1. The fourth-order valence-electron chi connectivity index (χ4n) is 2.25. The van der Waals surface area contributed by atoms with Crippen LogP contribution in [0.25, 0.3) is 11.0 Å². The highest BCUT2D eigenvalue weighted by Gasteiger charge is 2.16. The summed E-state index contributed by atoms with van der Waals surface area (Å²) in [4.78, 5) is 29.0. The van der Waals surface area contributed by atoms with Crippen LogP contribution in [0.15, 0.2) is 39.6 Å². The molecule has 106 valence electrons. The first-order chi connectivity index (χ1) is 9.94. The third-order valence-corrected chi connectivity index (χ3v) is 3.81. The molecule has 0 amide bonds. The number of imidazole rings is 1. The monoisotopic (exact) mass is 348 g/mol. The Morgan fingerprint density at radius 1 is 1.10 bits per heavy atom. The van der Waals surface area contributed by atoms with E-state index in [2.05, 4.69) is 25.9 Å². The summed E-state index contributed by atoms with van der Waals surface area (Å²) >= 11 is 3.31. The number of ketones is 1. The highest BCUT2D eigenvalue weighted by Crippen LogP contribution is 2.25. The maximum absolute atomic E-state index is 13.4. The zero-order valence-electron chi connectivity index (χ0n) is 11.0. The van der Waals surface area contributed by atoms with Gasteiger partial charge in [0, 0.05) is 15.6 Å². The minimum atomic E-state index is -0.453. The van der Waals surface area contributed by atoms with Crippen molar-refractivity contribution in [3.05, 3.63) is 67.8 Å². The molecule has 0 aliphatic heterocycles. The second-order valence-electron chi connectivity index (χ2n) is 4.80. The fraction of sp³-hybridized carbons (Fsp3) is 0.0667. The number of hydrogen-bond acceptors (Lipinski definition) is 2. The van der Waals surface area contributed by atoms with Crippen LogP contribution in [0.5, 0.6) is 0 Å². The number of nitrogens with one attached hydrogen (secondary N) is 2. The number of H-pyrrole nitrogens is 2. The molecule has 3 rings (SSSR count). The number of benzene rings is 2. The van der Waals surface area contributed by atoms with Gasteiger partial charge in [-0.05, 0) is 58.7 Å². The van der Waals surface area contributed by atoms with Crippen molar-refractivity contribution >= 4 is 32.7 Å². The van der Waals surface area contributed by atoms with E-state index in [1.807, 2.05) is 0 Å². The Morgan fingerprint density at radius 3 is 2.43 bits per heavy atom. The van der Waals surface area contributed by atoms with Crippen LogP contribution in [0.1, 0.15) is 21.5 Å². The number of hydrogen-bond donors (Lipinski definition) is 2. The molecule has 0 aliphatic rings. The van der Waals surface area contributed by atoms with Crippen molar-refractivity contribution in [2.45, 2.75) is 6.92 Å². The van der Waals surface area contributed by atoms with E-state index in [-0.39, 0.29) is 17.0 Å². The van der Waals surface area contributed by atoms with Crippen molar-refractivity contribution in [2.75, 3.05) is 0 Å². The van der Waals surface area contributed by atoms with E-state index in [9.17, 15) is 14.0 Å². The van der Waals surface area contributed by atoms with Gasteiger partial charge in [0.25, 0.3) is 0 Å². The predicted octanol–water partition coefficient (Wildman–Crippen LogP) is 3.30. The smallest absolute Gasteiger partial charge is 0.306 e. The lowest BCUT2D eigenvalue weighted by atomic mass is 10.0. The van der Waals surface area contributed by atoms with Crippen LogP contribution in [0, 0.1) is 12.7 Å². The number of halogens is 2. The van der Waals surface area contributed by atoms with Gasteiger partial charge in [0.05, 0.1) is 11.0 Å². The second kappa shape index (κ2) is 4.96. The Bertz CT molecular complexity index is 907. The van der Waals surface area contributed by atoms with Gasteiger partial charge < -0.3 is 9.97 Å². The van der Waals surface area contributed by atoms with Crippen molar-refractivity contribution < 1.29 is 9.18 Å². The molecular formula is C15H10BrFN2O2. The van der Waals surface area contributed by atoms with Gasteiger partial charge in [-0.2, -0.15) is 0 Å². The molecular weight excluding hydrogens is 339 g/mol. The molecule has 0 saturated carbocycles. The van der Waals surface area contributed by atoms with Gasteiger partial charge >= 0.3 is 5.69 Å². The van der Waals surface area contributed by atoms with Crippen LogP contribution < -0.4 is 5.69 Å². The molecule has 21 heavy (non-hydrogen) atoms. The quantitative estimate of drug-likeness (QED) is 0.698. The van der Waals surface area contributed by atoms with E-state index in [1.165, 1.54) is 12.1 Å². The number of aromatic amines is 2. The number of carbonyl (C=O) groups excluding carboxylic acids is 1. The molecule has 0 aliphatic carbocycles. The van der Waals surface area contributed by atoms with Crippen LogP contribution in [0.3, 0.4) is 0 Å². The van der Waals surface area contributed by atoms with Gasteiger partial charge in [-0.1, -0.05) is 0 Å². The van der Waals surface area contributed by atoms with Crippen LogP contribution in [-0.2, 0) is 0 Å². The summed E-state index contributed by atoms with van der Waals surface area (Å²) in [5.74, 6) is -0.765. The fourth-order valence-corrected chi connectivity index (χ4v) is 2.78. The summed E-state index contributed by atoms with van der Waals surface area (Å²) in [6.07, 6.45) is 0. The van der Waals surface area contributed by atoms with Crippen molar-refractivity contribution in [3.63, 3.8) is 0 Å². The molecule has 2 N–H and O–H groups in total. The van der Waals surface area contributed by atoms with E-state index >= 15 is 0 Å². The van der Waals surface area contributed by atoms with Crippen LogP contribution >= 0.6 is 15.9 Å². The molecule has 1 heterocycles. The van der Waals surface area contributed by atoms with Gasteiger partial charge in [0.2, 0.25) is 0 Å². The maximum atomic E-state index is 13.4. The van der Waals surface area contributed by atoms with Gasteiger partial charge in [-0.15, -0.1) is 0 Å². The predicted molar refractivity (Wildman–Crippen MR) is 81.2 cm³/mol. The molecule has 0 radical (unpaired) electrons. The minimum absolute atomic E-state index is 0.269. The first-order valence-electron chi connectivity index (χ1n) is 6.17. The summed E-state index contributed by atoms with van der Waals surface area (Å²) in [5, 5.41) is 0. The Balaban J connectivity index is 2.16. The number of fused-ring (bicyclic) bond motifs is 1. The van der Waals surface area contributed by atoms with E-state index in [0.717, 1.165) is 0 Å². The van der Waals surface area contributed by atoms with Crippen molar-refractivity contribution in [3.8, 4) is 0 Å². The zero-order valence-corrected chi connectivity index (χ0v) is 12.5. The first kappa shape index (κ1) is 13.8. The zero-order chi connectivity index (χ0) is 15.1. The van der Waals surface area contributed by atoms with Crippen LogP contribution in [0.4, 0.5) is 4.39 Å². The lowest BCUT2D eigenvalue weighted by Gasteiger charge is -2.06. The Kier molecular flexibility index (Phi) is 3.25. The molecule has 0 saturated heterocycles. The molecule has 0 bridgehead atoms. The molecule has 1 aromatic heterocycles. The van der Waals surface area contributed by atoms with E-state index in [1.54, 1.807) is 25.1 Å². The number of rotatable bonds is 2. The lowest BCUT2D eigenvalue weighted by molar-refractivity contribution is 0.103. The molecule has 3 aromatic rings. The normalized spacial score (nSPS) is 11.0. The van der Waals surface area contributed by atoms with E-state index in [0.29, 0.717) is 26.6 Å². The Hall–Kier alpha value is -2.21.